The normalized spacial score (nSPS) is 23.1. The third kappa shape index (κ3) is 2.37. The summed E-state index contributed by atoms with van der Waals surface area (Å²) in [7, 11) is 1.88. The molecule has 0 aromatic carbocycles. The fourth-order valence-electron chi connectivity index (χ4n) is 1.81. The number of aromatic nitrogens is 1. The first-order valence-electron chi connectivity index (χ1n) is 5.30. The predicted octanol–water partition coefficient (Wildman–Crippen LogP) is 1.40. The highest BCUT2D eigenvalue weighted by Gasteiger charge is 2.32. The molecule has 0 aliphatic carbocycles. The molecule has 1 aromatic heterocycles. The van der Waals surface area contributed by atoms with Crippen LogP contribution < -0.4 is 5.32 Å². The van der Waals surface area contributed by atoms with Crippen molar-refractivity contribution in [1.29, 1.82) is 5.26 Å². The van der Waals surface area contributed by atoms with Crippen LogP contribution in [0.5, 0.6) is 0 Å². The zero-order valence-electron chi connectivity index (χ0n) is 9.59. The van der Waals surface area contributed by atoms with E-state index in [-0.39, 0.29) is 12.1 Å². The van der Waals surface area contributed by atoms with Gasteiger partial charge in [-0.15, -0.1) is 17.9 Å². The number of thiazole rings is 1. The van der Waals surface area contributed by atoms with E-state index in [4.69, 9.17) is 10.1 Å². The molecule has 2 unspecified atom stereocenters. The molecule has 1 aromatic rings. The van der Waals surface area contributed by atoms with Crippen LogP contribution in [0, 0.1) is 11.3 Å². The third-order valence-corrected chi connectivity index (χ3v) is 3.63. The van der Waals surface area contributed by atoms with E-state index in [0.29, 0.717) is 13.2 Å². The Labute approximate surface area is 104 Å². The number of rotatable bonds is 4. The maximum absolute atomic E-state index is 9.02. The largest absolute Gasteiger partial charge is 0.295 e. The molecule has 2 heterocycles. The first kappa shape index (κ1) is 12.2. The molecular weight excluding hydrogens is 236 g/mol. The van der Waals surface area contributed by atoms with Gasteiger partial charge in [-0.05, 0) is 0 Å². The van der Waals surface area contributed by atoms with E-state index in [2.05, 4.69) is 22.9 Å². The minimum atomic E-state index is -0.305. The van der Waals surface area contributed by atoms with Crippen molar-refractivity contribution in [3.8, 4) is 6.07 Å². The summed E-state index contributed by atoms with van der Waals surface area (Å²) in [5, 5.41) is 14.0. The lowest BCUT2D eigenvalue weighted by Gasteiger charge is -2.31. The maximum atomic E-state index is 9.02. The summed E-state index contributed by atoms with van der Waals surface area (Å²) in [6.07, 6.45) is 1.71. The fraction of sp³-hybridized carbons (Fsp3) is 0.455. The average molecular weight is 250 g/mol. The van der Waals surface area contributed by atoms with Gasteiger partial charge in [0.25, 0.3) is 0 Å². The number of nitrogens with one attached hydrogen (secondary N) is 1. The minimum absolute atomic E-state index is 0.0991. The summed E-state index contributed by atoms with van der Waals surface area (Å²) in [6.45, 7) is 4.77. The van der Waals surface area contributed by atoms with Gasteiger partial charge in [0.05, 0.1) is 34.8 Å². The second-order valence-corrected chi connectivity index (χ2v) is 4.60. The summed E-state index contributed by atoms with van der Waals surface area (Å²) in [4.78, 5) is 10.8. The molecule has 90 valence electrons. The number of nitriles is 1. The number of hydrogen-bond acceptors (Lipinski definition) is 6. The Morgan fingerprint density at radius 1 is 1.88 bits per heavy atom. The Kier molecular flexibility index (Phi) is 3.86. The topological polar surface area (TPSA) is 61.2 Å². The lowest BCUT2D eigenvalue weighted by atomic mass is 10.0. The van der Waals surface area contributed by atoms with Gasteiger partial charge in [0.15, 0.2) is 0 Å². The van der Waals surface area contributed by atoms with Gasteiger partial charge in [-0.2, -0.15) is 10.3 Å². The first-order valence-corrected chi connectivity index (χ1v) is 6.18. The van der Waals surface area contributed by atoms with Crippen LogP contribution in [0.3, 0.4) is 0 Å². The summed E-state index contributed by atoms with van der Waals surface area (Å²) in [6, 6.07) is 2.00. The molecule has 5 nitrogen and oxygen atoms in total. The highest BCUT2D eigenvalue weighted by atomic mass is 32.1. The number of likely N-dealkylation sites (N-methyl/N-ethyl adjacent to an activating group) is 1. The summed E-state index contributed by atoms with van der Waals surface area (Å²) < 4.78 is 0. The SMILES string of the molecule is C=CCON(C)C1CNC(C#N)c2ncsc21. The Morgan fingerprint density at radius 3 is 3.41 bits per heavy atom. The Morgan fingerprint density at radius 2 is 2.71 bits per heavy atom. The quantitative estimate of drug-likeness (QED) is 0.646. The van der Waals surface area contributed by atoms with Crippen LogP contribution in [-0.4, -0.2) is 30.2 Å². The van der Waals surface area contributed by atoms with Crippen LogP contribution in [0.25, 0.3) is 0 Å². The van der Waals surface area contributed by atoms with Crippen molar-refractivity contribution in [2.24, 2.45) is 0 Å². The Hall–Kier alpha value is -1.26. The van der Waals surface area contributed by atoms with Gasteiger partial charge < -0.3 is 0 Å². The highest BCUT2D eigenvalue weighted by Crippen LogP contribution is 2.33. The van der Waals surface area contributed by atoms with E-state index in [9.17, 15) is 0 Å². The van der Waals surface area contributed by atoms with Gasteiger partial charge in [0, 0.05) is 13.6 Å². The standard InChI is InChI=1S/C11H14N4OS/c1-3-4-16-15(2)9-6-13-8(5-12)10-11(9)17-7-14-10/h3,7-9,13H,1,4,6H2,2H3. The van der Waals surface area contributed by atoms with Crippen molar-refractivity contribution in [1.82, 2.24) is 15.4 Å². The molecule has 0 bridgehead atoms. The highest BCUT2D eigenvalue weighted by molar-refractivity contribution is 7.09. The maximum Gasteiger partial charge on any atom is 0.139 e. The molecule has 0 fully saturated rings. The van der Waals surface area contributed by atoms with E-state index in [1.807, 2.05) is 7.05 Å². The molecule has 0 radical (unpaired) electrons. The van der Waals surface area contributed by atoms with Gasteiger partial charge in [0.2, 0.25) is 0 Å². The lowest BCUT2D eigenvalue weighted by molar-refractivity contribution is -0.159. The van der Waals surface area contributed by atoms with Gasteiger partial charge in [-0.25, -0.2) is 4.98 Å². The molecule has 1 aliphatic heterocycles. The van der Waals surface area contributed by atoms with E-state index in [1.54, 1.807) is 28.0 Å². The molecule has 0 saturated heterocycles. The molecule has 0 spiro atoms. The van der Waals surface area contributed by atoms with Gasteiger partial charge in [-0.1, -0.05) is 6.08 Å². The van der Waals surface area contributed by atoms with Crippen molar-refractivity contribution in [3.63, 3.8) is 0 Å². The van der Waals surface area contributed by atoms with Crippen molar-refractivity contribution >= 4 is 11.3 Å². The van der Waals surface area contributed by atoms with Crippen LogP contribution in [0.2, 0.25) is 0 Å². The second kappa shape index (κ2) is 5.38. The van der Waals surface area contributed by atoms with Crippen molar-refractivity contribution in [3.05, 3.63) is 28.7 Å². The fourth-order valence-corrected chi connectivity index (χ4v) is 2.77. The predicted molar refractivity (Wildman–Crippen MR) is 65.1 cm³/mol. The minimum Gasteiger partial charge on any atom is -0.295 e. The number of hydrogen-bond donors (Lipinski definition) is 1. The molecule has 17 heavy (non-hydrogen) atoms. The van der Waals surface area contributed by atoms with Crippen molar-refractivity contribution < 1.29 is 4.84 Å². The summed E-state index contributed by atoms with van der Waals surface area (Å²) in [5.41, 5.74) is 2.60. The van der Waals surface area contributed by atoms with E-state index in [0.717, 1.165) is 10.6 Å². The van der Waals surface area contributed by atoms with E-state index in [1.165, 1.54) is 0 Å². The lowest BCUT2D eigenvalue weighted by Crippen LogP contribution is -2.39. The summed E-state index contributed by atoms with van der Waals surface area (Å²) >= 11 is 1.56. The molecule has 2 atom stereocenters. The smallest absolute Gasteiger partial charge is 0.139 e. The van der Waals surface area contributed by atoms with Gasteiger partial charge in [0.1, 0.15) is 6.04 Å². The van der Waals surface area contributed by atoms with Crippen molar-refractivity contribution in [2.75, 3.05) is 20.2 Å². The van der Waals surface area contributed by atoms with Crippen LogP contribution in [0.1, 0.15) is 22.7 Å². The van der Waals surface area contributed by atoms with E-state index >= 15 is 0 Å². The second-order valence-electron chi connectivity index (χ2n) is 3.72. The van der Waals surface area contributed by atoms with Crippen LogP contribution >= 0.6 is 11.3 Å². The van der Waals surface area contributed by atoms with Gasteiger partial charge in [-0.3, -0.25) is 10.2 Å². The van der Waals surface area contributed by atoms with Crippen LogP contribution in [0.4, 0.5) is 0 Å². The molecule has 0 saturated carbocycles. The summed E-state index contributed by atoms with van der Waals surface area (Å²) in [5.74, 6) is 0. The van der Waals surface area contributed by atoms with Gasteiger partial charge >= 0.3 is 0 Å². The average Bonchev–Trinajstić information content (AvgIpc) is 2.83. The molecule has 0 amide bonds. The molecular formula is C11H14N4OS. The molecule has 1 aliphatic rings. The van der Waals surface area contributed by atoms with Crippen LogP contribution in [-0.2, 0) is 4.84 Å². The third-order valence-electron chi connectivity index (χ3n) is 2.68. The number of hydroxylamine groups is 2. The molecule has 1 N–H and O–H groups in total. The van der Waals surface area contributed by atoms with Crippen LogP contribution in [0.15, 0.2) is 18.2 Å². The molecule has 2 rings (SSSR count). The zero-order valence-corrected chi connectivity index (χ0v) is 10.4. The number of nitrogens with zero attached hydrogens (tertiary/aromatic N) is 3. The molecule has 6 heteroatoms. The Bertz CT molecular complexity index is 439. The van der Waals surface area contributed by atoms with E-state index < -0.39 is 0 Å². The Balaban J connectivity index is 2.17. The monoisotopic (exact) mass is 250 g/mol. The zero-order chi connectivity index (χ0) is 12.3. The number of fused-ring (bicyclic) bond motifs is 1. The first-order chi connectivity index (χ1) is 8.27. The van der Waals surface area contributed by atoms with Crippen molar-refractivity contribution in [2.45, 2.75) is 12.1 Å².